The molecule has 4 rings (SSSR count). The van der Waals surface area contributed by atoms with E-state index in [-0.39, 0.29) is 5.91 Å². The number of rotatable bonds is 10. The van der Waals surface area contributed by atoms with E-state index in [1.165, 1.54) is 27.5 Å². The average Bonchev–Trinajstić information content (AvgIpc) is 2.95. The molecule has 190 valence electrons. The zero-order valence-corrected chi connectivity index (χ0v) is 21.3. The van der Waals surface area contributed by atoms with Crippen LogP contribution < -0.4 is 24.4 Å². The number of methoxy groups -OCH3 is 3. The fourth-order valence-electron chi connectivity index (χ4n) is 3.85. The lowest BCUT2D eigenvalue weighted by Gasteiger charge is -2.12. The van der Waals surface area contributed by atoms with Gasteiger partial charge in [-0.15, -0.1) is 0 Å². The van der Waals surface area contributed by atoms with E-state index in [1.54, 1.807) is 18.2 Å². The lowest BCUT2D eigenvalue weighted by atomic mass is 10.0. The van der Waals surface area contributed by atoms with Crippen molar-refractivity contribution in [2.45, 2.75) is 13.3 Å². The molecule has 37 heavy (non-hydrogen) atoms. The Morgan fingerprint density at radius 2 is 1.65 bits per heavy atom. The Morgan fingerprint density at radius 3 is 2.30 bits per heavy atom. The molecule has 0 unspecified atom stereocenters. The van der Waals surface area contributed by atoms with E-state index in [2.05, 4.69) is 17.5 Å². The van der Waals surface area contributed by atoms with Gasteiger partial charge in [0, 0.05) is 16.5 Å². The van der Waals surface area contributed by atoms with E-state index in [4.69, 9.17) is 23.9 Å². The third-order valence-corrected chi connectivity index (χ3v) is 5.65. The molecule has 0 aliphatic heterocycles. The maximum absolute atomic E-state index is 13.2. The molecule has 1 heterocycles. The van der Waals surface area contributed by atoms with Crippen LogP contribution in [0.15, 0.2) is 71.8 Å². The summed E-state index contributed by atoms with van der Waals surface area (Å²) in [5.74, 6) is 1.90. The Morgan fingerprint density at radius 1 is 0.946 bits per heavy atom. The molecule has 0 bridgehead atoms. The van der Waals surface area contributed by atoms with Crippen LogP contribution >= 0.6 is 0 Å². The first-order valence-corrected chi connectivity index (χ1v) is 11.8. The highest BCUT2D eigenvalue weighted by Gasteiger charge is 2.15. The molecule has 8 nitrogen and oxygen atoms in total. The normalized spacial score (nSPS) is 10.9. The zero-order chi connectivity index (χ0) is 26.2. The summed E-state index contributed by atoms with van der Waals surface area (Å²) in [6, 6.07) is 20.5. The van der Waals surface area contributed by atoms with E-state index in [0.717, 1.165) is 23.1 Å². The highest BCUT2D eigenvalue weighted by molar-refractivity contribution is 6.07. The Hall–Kier alpha value is -4.59. The van der Waals surface area contributed by atoms with Crippen LogP contribution in [-0.2, 0) is 0 Å². The monoisotopic (exact) mass is 499 g/mol. The molecule has 1 N–H and O–H groups in total. The van der Waals surface area contributed by atoms with Crippen LogP contribution in [0.5, 0.6) is 23.0 Å². The highest BCUT2D eigenvalue weighted by Crippen LogP contribution is 2.37. The minimum atomic E-state index is -0.355. The van der Waals surface area contributed by atoms with Gasteiger partial charge in [-0.1, -0.05) is 25.1 Å². The van der Waals surface area contributed by atoms with Crippen LogP contribution in [0.2, 0.25) is 0 Å². The third-order valence-electron chi connectivity index (χ3n) is 5.65. The van der Waals surface area contributed by atoms with E-state index in [0.29, 0.717) is 46.2 Å². The number of nitrogens with zero attached hydrogens (tertiary/aromatic N) is 2. The van der Waals surface area contributed by atoms with Crippen molar-refractivity contribution in [3.63, 3.8) is 0 Å². The average molecular weight is 500 g/mol. The fourth-order valence-corrected chi connectivity index (χ4v) is 3.85. The summed E-state index contributed by atoms with van der Waals surface area (Å²) in [5, 5.41) is 4.89. The number of para-hydroxylation sites is 1. The van der Waals surface area contributed by atoms with E-state index >= 15 is 0 Å². The van der Waals surface area contributed by atoms with Crippen molar-refractivity contribution in [3.05, 3.63) is 77.9 Å². The van der Waals surface area contributed by atoms with Crippen molar-refractivity contribution in [2.75, 3.05) is 27.9 Å². The minimum Gasteiger partial charge on any atom is -0.494 e. The first-order valence-electron chi connectivity index (χ1n) is 11.8. The van der Waals surface area contributed by atoms with Gasteiger partial charge in [-0.25, -0.2) is 10.4 Å². The SMILES string of the molecule is CCCOc1ccc(-c2cc(C(=O)N/N=C\c3cc(OC)c(OC)c(OC)c3)c3ccccc3n2)cc1. The second kappa shape index (κ2) is 11.9. The number of benzene rings is 3. The topological polar surface area (TPSA) is 91.3 Å². The number of hydrogen-bond donors (Lipinski definition) is 1. The van der Waals surface area contributed by atoms with Gasteiger partial charge in [0.25, 0.3) is 5.91 Å². The van der Waals surface area contributed by atoms with E-state index in [9.17, 15) is 4.79 Å². The number of pyridine rings is 1. The molecule has 0 saturated heterocycles. The molecular weight excluding hydrogens is 470 g/mol. The summed E-state index contributed by atoms with van der Waals surface area (Å²) >= 11 is 0. The highest BCUT2D eigenvalue weighted by atomic mass is 16.5. The molecule has 0 saturated carbocycles. The largest absolute Gasteiger partial charge is 0.494 e. The summed E-state index contributed by atoms with van der Waals surface area (Å²) < 4.78 is 21.8. The van der Waals surface area contributed by atoms with Gasteiger partial charge >= 0.3 is 0 Å². The van der Waals surface area contributed by atoms with Crippen LogP contribution in [-0.4, -0.2) is 45.0 Å². The quantitative estimate of drug-likeness (QED) is 0.230. The van der Waals surface area contributed by atoms with Gasteiger partial charge in [-0.2, -0.15) is 5.10 Å². The van der Waals surface area contributed by atoms with Crippen molar-refractivity contribution in [1.29, 1.82) is 0 Å². The molecule has 0 atom stereocenters. The van der Waals surface area contributed by atoms with Crippen LogP contribution in [0, 0.1) is 0 Å². The fraction of sp³-hybridized carbons (Fsp3) is 0.207. The Balaban J connectivity index is 1.61. The second-order valence-corrected chi connectivity index (χ2v) is 8.10. The smallest absolute Gasteiger partial charge is 0.272 e. The first-order chi connectivity index (χ1) is 18.1. The van der Waals surface area contributed by atoms with E-state index in [1.807, 2.05) is 48.5 Å². The van der Waals surface area contributed by atoms with Crippen LogP contribution in [0.1, 0.15) is 29.3 Å². The number of fused-ring (bicyclic) bond motifs is 1. The first kappa shape index (κ1) is 25.5. The maximum atomic E-state index is 13.2. The summed E-state index contributed by atoms with van der Waals surface area (Å²) in [4.78, 5) is 18.0. The standard InChI is InChI=1S/C29H29N3O5/c1-5-14-37-21-12-10-20(11-13-21)25-17-23(22-8-6-7-9-24(22)31-25)29(33)32-30-18-19-15-26(34-2)28(36-4)27(16-19)35-3/h6-13,15-18H,5,14H2,1-4H3,(H,32,33)/b30-18-. The van der Waals surface area contributed by atoms with Gasteiger partial charge in [0.05, 0.1) is 50.9 Å². The lowest BCUT2D eigenvalue weighted by molar-refractivity contribution is 0.0956. The summed E-state index contributed by atoms with van der Waals surface area (Å²) in [5.41, 5.74) is 6.03. The van der Waals surface area contributed by atoms with Gasteiger partial charge in [-0.3, -0.25) is 4.79 Å². The van der Waals surface area contributed by atoms with Crippen molar-refractivity contribution < 1.29 is 23.7 Å². The zero-order valence-electron chi connectivity index (χ0n) is 21.3. The van der Waals surface area contributed by atoms with Gasteiger partial charge in [-0.05, 0) is 55.0 Å². The number of carbonyl (C=O) groups excluding carboxylic acids is 1. The predicted octanol–water partition coefficient (Wildman–Crippen LogP) is 5.48. The third kappa shape index (κ3) is 5.81. The summed E-state index contributed by atoms with van der Waals surface area (Å²) in [6.45, 7) is 2.73. The predicted molar refractivity (Wildman–Crippen MR) is 144 cm³/mol. The van der Waals surface area contributed by atoms with Gasteiger partial charge < -0.3 is 18.9 Å². The summed E-state index contributed by atoms with van der Waals surface area (Å²) in [7, 11) is 4.62. The minimum absolute atomic E-state index is 0.355. The Labute approximate surface area is 215 Å². The van der Waals surface area contributed by atoms with Crippen LogP contribution in [0.3, 0.4) is 0 Å². The lowest BCUT2D eigenvalue weighted by Crippen LogP contribution is -2.18. The molecule has 0 spiro atoms. The number of hydrazone groups is 1. The molecule has 0 radical (unpaired) electrons. The summed E-state index contributed by atoms with van der Waals surface area (Å²) in [6.07, 6.45) is 2.45. The Bertz CT molecular complexity index is 1390. The molecule has 0 fully saturated rings. The van der Waals surface area contributed by atoms with Crippen molar-refractivity contribution in [1.82, 2.24) is 10.4 Å². The van der Waals surface area contributed by atoms with Gasteiger partial charge in [0.15, 0.2) is 11.5 Å². The van der Waals surface area contributed by atoms with Gasteiger partial charge in [0.1, 0.15) is 5.75 Å². The second-order valence-electron chi connectivity index (χ2n) is 8.10. The van der Waals surface area contributed by atoms with Crippen molar-refractivity contribution >= 4 is 23.0 Å². The van der Waals surface area contributed by atoms with Crippen LogP contribution in [0.25, 0.3) is 22.2 Å². The van der Waals surface area contributed by atoms with Crippen molar-refractivity contribution in [3.8, 4) is 34.3 Å². The number of aromatic nitrogens is 1. The van der Waals surface area contributed by atoms with Crippen LogP contribution in [0.4, 0.5) is 0 Å². The van der Waals surface area contributed by atoms with E-state index < -0.39 is 0 Å². The molecule has 1 aromatic heterocycles. The maximum Gasteiger partial charge on any atom is 0.272 e. The Kier molecular flexibility index (Phi) is 8.20. The molecule has 3 aromatic carbocycles. The number of hydrogen-bond acceptors (Lipinski definition) is 7. The molecule has 4 aromatic rings. The number of nitrogens with one attached hydrogen (secondary N) is 1. The molecule has 0 aliphatic carbocycles. The molecular formula is C29H29N3O5. The molecule has 0 aliphatic rings. The van der Waals surface area contributed by atoms with Gasteiger partial charge in [0.2, 0.25) is 5.75 Å². The number of carbonyl (C=O) groups is 1. The number of amides is 1. The molecule has 1 amide bonds. The van der Waals surface area contributed by atoms with Crippen molar-refractivity contribution in [2.24, 2.45) is 5.10 Å². The number of ether oxygens (including phenoxy) is 4. The molecule has 8 heteroatoms.